The van der Waals surface area contributed by atoms with E-state index in [1.165, 1.54) is 17.8 Å². The largest absolute Gasteiger partial charge is 0.391 e. The molecular weight excluding hydrogens is 313 g/mol. The fourth-order valence-corrected chi connectivity index (χ4v) is 3.80. The minimum absolute atomic E-state index is 0.0824. The van der Waals surface area contributed by atoms with Crippen molar-refractivity contribution in [2.75, 3.05) is 13.1 Å². The lowest BCUT2D eigenvalue weighted by Crippen LogP contribution is -2.33. The standard InChI is InChI=1S/C18H18FNO2S/c19-15-8-4-5-9-16(15)23-17(13-6-2-1-3-7-13)18(22)20-11-10-14(21)12-20/h1-9,14,17,21H,10-12H2/t14-,17?/m1/s1. The zero-order valence-electron chi connectivity index (χ0n) is 12.6. The number of carbonyl (C=O) groups is 1. The lowest BCUT2D eigenvalue weighted by atomic mass is 10.1. The number of β-amino-alcohol motifs (C(OH)–C–C–N with tert-alkyl or cyclic N) is 1. The number of halogens is 1. The average molecular weight is 331 g/mol. The molecule has 0 aromatic heterocycles. The van der Waals surface area contributed by atoms with Crippen LogP contribution in [0.3, 0.4) is 0 Å². The van der Waals surface area contributed by atoms with Gasteiger partial charge in [0.25, 0.3) is 0 Å². The van der Waals surface area contributed by atoms with E-state index in [0.717, 1.165) is 5.56 Å². The summed E-state index contributed by atoms with van der Waals surface area (Å²) in [5, 5.41) is 9.16. The fourth-order valence-electron chi connectivity index (χ4n) is 2.66. The number of nitrogens with zero attached hydrogens (tertiary/aromatic N) is 1. The Labute approximate surface area is 139 Å². The number of aliphatic hydroxyl groups excluding tert-OH is 1. The van der Waals surface area contributed by atoms with Crippen LogP contribution in [0.25, 0.3) is 0 Å². The molecule has 0 bridgehead atoms. The summed E-state index contributed by atoms with van der Waals surface area (Å²) in [6.07, 6.45) is 0.131. The Balaban J connectivity index is 1.88. The molecule has 23 heavy (non-hydrogen) atoms. The second-order valence-electron chi connectivity index (χ2n) is 5.57. The predicted molar refractivity (Wildman–Crippen MR) is 88.6 cm³/mol. The summed E-state index contributed by atoms with van der Waals surface area (Å²) < 4.78 is 14.0. The van der Waals surface area contributed by atoms with Crippen molar-refractivity contribution < 1.29 is 14.3 Å². The van der Waals surface area contributed by atoms with E-state index >= 15 is 0 Å². The molecule has 0 saturated carbocycles. The van der Waals surface area contributed by atoms with Crippen LogP contribution in [0.1, 0.15) is 17.2 Å². The van der Waals surface area contributed by atoms with Crippen molar-refractivity contribution in [1.29, 1.82) is 0 Å². The maximum absolute atomic E-state index is 14.0. The van der Waals surface area contributed by atoms with Gasteiger partial charge in [-0.25, -0.2) is 4.39 Å². The summed E-state index contributed by atoms with van der Waals surface area (Å²) in [7, 11) is 0. The van der Waals surface area contributed by atoms with Crippen molar-refractivity contribution in [2.24, 2.45) is 0 Å². The molecule has 0 aliphatic carbocycles. The number of amides is 1. The van der Waals surface area contributed by atoms with Gasteiger partial charge in [-0.05, 0) is 24.1 Å². The predicted octanol–water partition coefficient (Wildman–Crippen LogP) is 3.25. The number of likely N-dealkylation sites (tertiary alicyclic amines) is 1. The molecule has 0 radical (unpaired) electrons. The van der Waals surface area contributed by atoms with Gasteiger partial charge in [-0.15, -0.1) is 11.8 Å². The van der Waals surface area contributed by atoms with Crippen LogP contribution in [-0.4, -0.2) is 35.1 Å². The van der Waals surface area contributed by atoms with Gasteiger partial charge in [-0.3, -0.25) is 4.79 Å². The van der Waals surface area contributed by atoms with E-state index in [2.05, 4.69) is 0 Å². The van der Waals surface area contributed by atoms with E-state index < -0.39 is 11.4 Å². The molecule has 2 aromatic carbocycles. The molecule has 120 valence electrons. The SMILES string of the molecule is O=C(C(Sc1ccccc1F)c1ccccc1)N1CC[C@@H](O)C1. The molecule has 3 nitrogen and oxygen atoms in total. The van der Waals surface area contributed by atoms with E-state index in [4.69, 9.17) is 0 Å². The van der Waals surface area contributed by atoms with Gasteiger partial charge in [0.05, 0.1) is 6.10 Å². The molecule has 1 N–H and O–H groups in total. The topological polar surface area (TPSA) is 40.5 Å². The van der Waals surface area contributed by atoms with Crippen LogP contribution in [0.2, 0.25) is 0 Å². The Morgan fingerprint density at radius 3 is 2.52 bits per heavy atom. The summed E-state index contributed by atoms with van der Waals surface area (Å²) in [6, 6.07) is 15.9. The quantitative estimate of drug-likeness (QED) is 0.874. The number of thioether (sulfide) groups is 1. The molecule has 1 amide bonds. The number of benzene rings is 2. The lowest BCUT2D eigenvalue weighted by molar-refractivity contribution is -0.130. The summed E-state index contributed by atoms with van der Waals surface area (Å²) in [5.74, 6) is -0.409. The molecular formula is C18H18FNO2S. The molecule has 1 unspecified atom stereocenters. The van der Waals surface area contributed by atoms with E-state index in [1.807, 2.05) is 30.3 Å². The van der Waals surface area contributed by atoms with Gasteiger partial charge in [0.2, 0.25) is 5.91 Å². The van der Waals surface area contributed by atoms with Gasteiger partial charge in [0.1, 0.15) is 11.1 Å². The van der Waals surface area contributed by atoms with Crippen LogP contribution in [0, 0.1) is 5.82 Å². The van der Waals surface area contributed by atoms with Gasteiger partial charge in [0.15, 0.2) is 0 Å². The first-order valence-electron chi connectivity index (χ1n) is 7.58. The molecule has 1 aliphatic heterocycles. The van der Waals surface area contributed by atoms with Crippen LogP contribution >= 0.6 is 11.8 Å². The molecule has 3 rings (SSSR count). The fraction of sp³-hybridized carbons (Fsp3) is 0.278. The summed E-state index contributed by atoms with van der Waals surface area (Å²) in [5.41, 5.74) is 0.840. The summed E-state index contributed by atoms with van der Waals surface area (Å²) >= 11 is 1.22. The number of aliphatic hydroxyl groups is 1. The Hall–Kier alpha value is -1.85. The average Bonchev–Trinajstić information content (AvgIpc) is 3.01. The molecule has 1 aliphatic rings. The number of hydrogen-bond acceptors (Lipinski definition) is 3. The van der Waals surface area contributed by atoms with Gasteiger partial charge < -0.3 is 10.0 Å². The van der Waals surface area contributed by atoms with E-state index in [1.54, 1.807) is 23.1 Å². The maximum atomic E-state index is 14.0. The lowest BCUT2D eigenvalue weighted by Gasteiger charge is -2.23. The van der Waals surface area contributed by atoms with Gasteiger partial charge in [0, 0.05) is 18.0 Å². The smallest absolute Gasteiger partial charge is 0.240 e. The van der Waals surface area contributed by atoms with Crippen LogP contribution in [0.15, 0.2) is 59.5 Å². The first-order chi connectivity index (χ1) is 11.1. The van der Waals surface area contributed by atoms with Crippen molar-refractivity contribution >= 4 is 17.7 Å². The Kier molecular flexibility index (Phi) is 4.98. The normalized spacial score (nSPS) is 18.9. The summed E-state index contributed by atoms with van der Waals surface area (Å²) in [6.45, 7) is 0.890. The van der Waals surface area contributed by atoms with Gasteiger partial charge in [-0.2, -0.15) is 0 Å². The van der Waals surface area contributed by atoms with Crippen LogP contribution < -0.4 is 0 Å². The highest BCUT2D eigenvalue weighted by Gasteiger charge is 2.32. The number of rotatable bonds is 4. The molecule has 5 heteroatoms. The van der Waals surface area contributed by atoms with Crippen molar-refractivity contribution in [3.05, 3.63) is 66.0 Å². The van der Waals surface area contributed by atoms with Crippen LogP contribution in [-0.2, 0) is 4.79 Å². The monoisotopic (exact) mass is 331 g/mol. The molecule has 1 heterocycles. The van der Waals surface area contributed by atoms with Crippen molar-refractivity contribution in [3.8, 4) is 0 Å². The third kappa shape index (κ3) is 3.74. The highest BCUT2D eigenvalue weighted by molar-refractivity contribution is 8.00. The third-order valence-electron chi connectivity index (χ3n) is 3.88. The maximum Gasteiger partial charge on any atom is 0.240 e. The van der Waals surface area contributed by atoms with Gasteiger partial charge in [-0.1, -0.05) is 42.5 Å². The van der Waals surface area contributed by atoms with Crippen LogP contribution in [0.4, 0.5) is 4.39 Å². The molecule has 0 spiro atoms. The van der Waals surface area contributed by atoms with Crippen molar-refractivity contribution in [1.82, 2.24) is 4.90 Å². The molecule has 2 atom stereocenters. The minimum atomic E-state index is -0.515. The third-order valence-corrected chi connectivity index (χ3v) is 5.18. The first-order valence-corrected chi connectivity index (χ1v) is 8.46. The summed E-state index contributed by atoms with van der Waals surface area (Å²) in [4.78, 5) is 15.0. The zero-order valence-corrected chi connectivity index (χ0v) is 13.4. The zero-order chi connectivity index (χ0) is 16.2. The van der Waals surface area contributed by atoms with Crippen molar-refractivity contribution in [2.45, 2.75) is 22.7 Å². The Morgan fingerprint density at radius 2 is 1.87 bits per heavy atom. The Bertz CT molecular complexity index is 680. The highest BCUT2D eigenvalue weighted by atomic mass is 32.2. The van der Waals surface area contributed by atoms with Crippen LogP contribution in [0.5, 0.6) is 0 Å². The van der Waals surface area contributed by atoms with E-state index in [-0.39, 0.29) is 11.7 Å². The Morgan fingerprint density at radius 1 is 1.17 bits per heavy atom. The second-order valence-corrected chi connectivity index (χ2v) is 6.71. The number of carbonyl (C=O) groups excluding carboxylic acids is 1. The number of hydrogen-bond donors (Lipinski definition) is 1. The molecule has 1 fully saturated rings. The van der Waals surface area contributed by atoms with Crippen molar-refractivity contribution in [3.63, 3.8) is 0 Å². The molecule has 2 aromatic rings. The van der Waals surface area contributed by atoms with E-state index in [9.17, 15) is 14.3 Å². The first kappa shape index (κ1) is 16.0. The second kappa shape index (κ2) is 7.15. The molecule has 1 saturated heterocycles. The van der Waals surface area contributed by atoms with Gasteiger partial charge >= 0.3 is 0 Å². The van der Waals surface area contributed by atoms with E-state index in [0.29, 0.717) is 24.4 Å². The minimum Gasteiger partial charge on any atom is -0.391 e. The highest BCUT2D eigenvalue weighted by Crippen LogP contribution is 2.38.